The summed E-state index contributed by atoms with van der Waals surface area (Å²) in [5.74, 6) is 0.138. The van der Waals surface area contributed by atoms with Gasteiger partial charge in [-0.1, -0.05) is 54.6 Å². The van der Waals surface area contributed by atoms with Crippen LogP contribution in [0.5, 0.6) is 0 Å². The lowest BCUT2D eigenvalue weighted by molar-refractivity contribution is -0.131. The van der Waals surface area contributed by atoms with Crippen molar-refractivity contribution in [2.24, 2.45) is 5.73 Å². The Balaban J connectivity index is 1.77. The molecule has 0 unspecified atom stereocenters. The van der Waals surface area contributed by atoms with Gasteiger partial charge in [0.1, 0.15) is 0 Å². The third-order valence-electron chi connectivity index (χ3n) is 5.36. The summed E-state index contributed by atoms with van der Waals surface area (Å²) in [5, 5.41) is 0. The maximum absolute atomic E-state index is 13.0. The Morgan fingerprint density at radius 3 is 2.31 bits per heavy atom. The number of benzene rings is 2. The van der Waals surface area contributed by atoms with Crippen LogP contribution >= 0.6 is 0 Å². The van der Waals surface area contributed by atoms with Crippen LogP contribution in [0.15, 0.2) is 54.6 Å². The topological polar surface area (TPSA) is 49.6 Å². The fourth-order valence-corrected chi connectivity index (χ4v) is 3.73. The van der Waals surface area contributed by atoms with Crippen LogP contribution in [-0.4, -0.2) is 42.4 Å². The first-order chi connectivity index (χ1) is 12.7. The van der Waals surface area contributed by atoms with Crippen molar-refractivity contribution in [1.29, 1.82) is 0 Å². The second kappa shape index (κ2) is 8.97. The zero-order valence-electron chi connectivity index (χ0n) is 15.6. The molecular formula is C22H29N3O. The molecule has 1 saturated heterocycles. The Morgan fingerprint density at radius 2 is 1.65 bits per heavy atom. The van der Waals surface area contributed by atoms with Crippen LogP contribution in [-0.2, 0) is 17.8 Å². The minimum atomic E-state index is 0.0758. The molecule has 2 aromatic rings. The fourth-order valence-electron chi connectivity index (χ4n) is 3.73. The van der Waals surface area contributed by atoms with Crippen LogP contribution in [0.3, 0.4) is 0 Å². The van der Waals surface area contributed by atoms with Gasteiger partial charge in [-0.15, -0.1) is 0 Å². The van der Waals surface area contributed by atoms with Crippen LogP contribution in [0.4, 0.5) is 0 Å². The van der Waals surface area contributed by atoms with Crippen LogP contribution < -0.4 is 5.73 Å². The smallest absolute Gasteiger partial charge is 0.227 e. The number of nitrogens with two attached hydrogens (primary N) is 1. The molecule has 138 valence electrons. The van der Waals surface area contributed by atoms with Gasteiger partial charge in [0, 0.05) is 20.1 Å². The minimum Gasteiger partial charge on any atom is -0.337 e. The molecular weight excluding hydrogens is 322 g/mol. The Kier molecular flexibility index (Phi) is 6.42. The van der Waals surface area contributed by atoms with Gasteiger partial charge in [0.05, 0.1) is 12.5 Å². The zero-order chi connectivity index (χ0) is 18.4. The van der Waals surface area contributed by atoms with Gasteiger partial charge in [0.2, 0.25) is 5.91 Å². The van der Waals surface area contributed by atoms with E-state index in [-0.39, 0.29) is 11.9 Å². The van der Waals surface area contributed by atoms with E-state index in [2.05, 4.69) is 17.0 Å². The molecule has 0 saturated carbocycles. The second-order valence-corrected chi connectivity index (χ2v) is 7.09. The fraction of sp³-hybridized carbons (Fsp3) is 0.409. The lowest BCUT2D eigenvalue weighted by Gasteiger charge is -2.32. The standard InChI is InChI=1S/C22H29N3O/c1-24(22(26)15-19-11-5-6-12-20(19)16-23)21(17-25-13-7-8-14-25)18-9-3-2-4-10-18/h2-6,9-12,21H,7-8,13-17,23H2,1H3/t21-/m1/s1. The second-order valence-electron chi connectivity index (χ2n) is 7.09. The first-order valence-electron chi connectivity index (χ1n) is 9.49. The third kappa shape index (κ3) is 4.51. The molecule has 2 N–H and O–H groups in total. The van der Waals surface area contributed by atoms with Crippen molar-refractivity contribution >= 4 is 5.91 Å². The third-order valence-corrected chi connectivity index (χ3v) is 5.36. The van der Waals surface area contributed by atoms with E-state index in [0.29, 0.717) is 13.0 Å². The number of rotatable bonds is 7. The van der Waals surface area contributed by atoms with Gasteiger partial charge in [-0.05, 0) is 42.6 Å². The van der Waals surface area contributed by atoms with Crippen molar-refractivity contribution in [2.75, 3.05) is 26.7 Å². The van der Waals surface area contributed by atoms with Crippen molar-refractivity contribution in [3.8, 4) is 0 Å². The molecule has 1 heterocycles. The quantitative estimate of drug-likeness (QED) is 0.834. The number of carbonyl (C=O) groups is 1. The van der Waals surface area contributed by atoms with E-state index in [0.717, 1.165) is 30.8 Å². The predicted octanol–water partition coefficient (Wildman–Crippen LogP) is 2.98. The number of nitrogens with zero attached hydrogens (tertiary/aromatic N) is 2. The first kappa shape index (κ1) is 18.6. The van der Waals surface area contributed by atoms with E-state index in [1.165, 1.54) is 18.4 Å². The molecule has 0 aliphatic carbocycles. The monoisotopic (exact) mass is 351 g/mol. The lowest BCUT2D eigenvalue weighted by atomic mass is 10.0. The number of likely N-dealkylation sites (tertiary alicyclic amines) is 1. The average Bonchev–Trinajstić information content (AvgIpc) is 3.20. The number of amides is 1. The van der Waals surface area contributed by atoms with E-state index in [1.54, 1.807) is 0 Å². The Morgan fingerprint density at radius 1 is 1.04 bits per heavy atom. The summed E-state index contributed by atoms with van der Waals surface area (Å²) in [4.78, 5) is 17.4. The minimum absolute atomic E-state index is 0.0758. The lowest BCUT2D eigenvalue weighted by Crippen LogP contribution is -2.39. The van der Waals surface area contributed by atoms with Crippen molar-refractivity contribution in [1.82, 2.24) is 9.80 Å². The maximum Gasteiger partial charge on any atom is 0.227 e. The average molecular weight is 351 g/mol. The number of likely N-dealkylation sites (N-methyl/N-ethyl adjacent to an activating group) is 1. The van der Waals surface area contributed by atoms with E-state index in [4.69, 9.17) is 5.73 Å². The van der Waals surface area contributed by atoms with Gasteiger partial charge in [-0.3, -0.25) is 4.79 Å². The van der Waals surface area contributed by atoms with Crippen molar-refractivity contribution in [3.05, 3.63) is 71.3 Å². The molecule has 4 nitrogen and oxygen atoms in total. The van der Waals surface area contributed by atoms with Crippen LogP contribution in [0, 0.1) is 0 Å². The molecule has 2 aromatic carbocycles. The highest BCUT2D eigenvalue weighted by molar-refractivity contribution is 5.79. The highest BCUT2D eigenvalue weighted by atomic mass is 16.2. The van der Waals surface area contributed by atoms with E-state index in [9.17, 15) is 4.79 Å². The summed E-state index contributed by atoms with van der Waals surface area (Å²) in [7, 11) is 1.93. The molecule has 1 aliphatic heterocycles. The number of hydrogen-bond donors (Lipinski definition) is 1. The Hall–Kier alpha value is -2.17. The summed E-state index contributed by atoms with van der Waals surface area (Å²) in [5.41, 5.74) is 9.10. The van der Waals surface area contributed by atoms with Crippen LogP contribution in [0.1, 0.15) is 35.6 Å². The molecule has 4 heteroatoms. The summed E-state index contributed by atoms with van der Waals surface area (Å²) >= 11 is 0. The highest BCUT2D eigenvalue weighted by Gasteiger charge is 2.25. The van der Waals surface area contributed by atoms with E-state index < -0.39 is 0 Å². The van der Waals surface area contributed by atoms with Gasteiger partial charge < -0.3 is 15.5 Å². The SMILES string of the molecule is CN(C(=O)Cc1ccccc1CN)[C@H](CN1CCCC1)c1ccccc1. The van der Waals surface area contributed by atoms with E-state index in [1.807, 2.05) is 54.4 Å². The summed E-state index contributed by atoms with van der Waals surface area (Å²) in [6, 6.07) is 18.4. The number of carbonyl (C=O) groups excluding carboxylic acids is 1. The van der Waals surface area contributed by atoms with Gasteiger partial charge in [0.15, 0.2) is 0 Å². The van der Waals surface area contributed by atoms with Crippen molar-refractivity contribution in [3.63, 3.8) is 0 Å². The molecule has 26 heavy (non-hydrogen) atoms. The summed E-state index contributed by atoms with van der Waals surface area (Å²) < 4.78 is 0. The summed E-state index contributed by atoms with van der Waals surface area (Å²) in [6.07, 6.45) is 2.90. The molecule has 1 fully saturated rings. The first-order valence-corrected chi connectivity index (χ1v) is 9.49. The maximum atomic E-state index is 13.0. The Labute approximate surface area is 156 Å². The van der Waals surface area contributed by atoms with Crippen molar-refractivity contribution in [2.45, 2.75) is 31.8 Å². The highest BCUT2D eigenvalue weighted by Crippen LogP contribution is 2.24. The molecule has 1 atom stereocenters. The van der Waals surface area contributed by atoms with Gasteiger partial charge >= 0.3 is 0 Å². The molecule has 1 amide bonds. The molecule has 0 bridgehead atoms. The zero-order valence-corrected chi connectivity index (χ0v) is 15.6. The van der Waals surface area contributed by atoms with Gasteiger partial charge in [0.25, 0.3) is 0 Å². The largest absolute Gasteiger partial charge is 0.337 e. The van der Waals surface area contributed by atoms with Crippen LogP contribution in [0.2, 0.25) is 0 Å². The molecule has 0 spiro atoms. The van der Waals surface area contributed by atoms with Gasteiger partial charge in [-0.2, -0.15) is 0 Å². The molecule has 0 aromatic heterocycles. The van der Waals surface area contributed by atoms with E-state index >= 15 is 0 Å². The van der Waals surface area contributed by atoms with Crippen molar-refractivity contribution < 1.29 is 4.79 Å². The number of hydrogen-bond acceptors (Lipinski definition) is 3. The normalized spacial score (nSPS) is 15.8. The molecule has 1 aliphatic rings. The van der Waals surface area contributed by atoms with Crippen LogP contribution in [0.25, 0.3) is 0 Å². The molecule has 3 rings (SSSR count). The molecule has 0 radical (unpaired) electrons. The Bertz CT molecular complexity index is 710. The van der Waals surface area contributed by atoms with Gasteiger partial charge in [-0.25, -0.2) is 0 Å². The summed E-state index contributed by atoms with van der Waals surface area (Å²) in [6.45, 7) is 3.61. The predicted molar refractivity (Wildman–Crippen MR) is 106 cm³/mol.